The number of para-hydroxylation sites is 1. The number of H-pyrrole nitrogens is 1. The van der Waals surface area contributed by atoms with Crippen molar-refractivity contribution < 1.29 is 9.53 Å². The number of aromatic nitrogens is 2. The van der Waals surface area contributed by atoms with Crippen LogP contribution in [0.2, 0.25) is 0 Å². The highest BCUT2D eigenvalue weighted by Gasteiger charge is 2.22. The molecule has 1 amide bonds. The highest BCUT2D eigenvalue weighted by Crippen LogP contribution is 2.13. The summed E-state index contributed by atoms with van der Waals surface area (Å²) in [6.07, 6.45) is 1.76. The van der Waals surface area contributed by atoms with Crippen molar-refractivity contribution in [1.82, 2.24) is 20.2 Å². The smallest absolute Gasteiger partial charge is 0.258 e. The molecule has 0 bridgehead atoms. The van der Waals surface area contributed by atoms with Gasteiger partial charge in [-0.3, -0.25) is 14.5 Å². The fourth-order valence-corrected chi connectivity index (χ4v) is 3.65. The van der Waals surface area contributed by atoms with E-state index in [4.69, 9.17) is 4.74 Å². The number of aryl methyl sites for hydroxylation is 1. The molecule has 152 valence electrons. The lowest BCUT2D eigenvalue weighted by Crippen LogP contribution is -2.49. The predicted octanol–water partition coefficient (Wildman–Crippen LogP) is 1.72. The summed E-state index contributed by atoms with van der Waals surface area (Å²) in [7, 11) is 0. The van der Waals surface area contributed by atoms with E-state index in [2.05, 4.69) is 34.0 Å². The molecule has 0 unspecified atom stereocenters. The number of nitrogens with zero attached hydrogens (tertiary/aromatic N) is 2. The van der Waals surface area contributed by atoms with Crippen molar-refractivity contribution >= 4 is 16.8 Å². The van der Waals surface area contributed by atoms with E-state index < -0.39 is 0 Å². The lowest BCUT2D eigenvalue weighted by molar-refractivity contribution is -0.121. The molecule has 2 aromatic rings. The zero-order chi connectivity index (χ0) is 19.9. The number of ether oxygens (including phenoxy) is 1. The van der Waals surface area contributed by atoms with Gasteiger partial charge in [0.1, 0.15) is 5.82 Å². The Balaban J connectivity index is 1.53. The van der Waals surface area contributed by atoms with Crippen molar-refractivity contribution in [2.24, 2.45) is 5.92 Å². The highest BCUT2D eigenvalue weighted by atomic mass is 16.5. The van der Waals surface area contributed by atoms with Crippen LogP contribution in [0.1, 0.15) is 32.5 Å². The Hall–Kier alpha value is -2.25. The van der Waals surface area contributed by atoms with Crippen LogP contribution in [0, 0.1) is 5.92 Å². The van der Waals surface area contributed by atoms with Gasteiger partial charge in [0, 0.05) is 38.5 Å². The lowest BCUT2D eigenvalue weighted by atomic mass is 10.0. The third kappa shape index (κ3) is 5.62. The number of amides is 1. The van der Waals surface area contributed by atoms with Gasteiger partial charge in [0.2, 0.25) is 5.91 Å². The SMILES string of the molecule is CC(C)C[C@@H](CNC(=O)CCc1nc2ccccc2c(=O)[nH]1)N1CCOCC1. The number of rotatable bonds is 8. The van der Waals surface area contributed by atoms with Gasteiger partial charge in [-0.25, -0.2) is 4.98 Å². The number of hydrogen-bond acceptors (Lipinski definition) is 5. The zero-order valence-corrected chi connectivity index (χ0v) is 16.7. The van der Waals surface area contributed by atoms with E-state index in [1.807, 2.05) is 18.2 Å². The second-order valence-corrected chi connectivity index (χ2v) is 7.77. The summed E-state index contributed by atoms with van der Waals surface area (Å²) in [6, 6.07) is 7.55. The van der Waals surface area contributed by atoms with E-state index in [0.717, 1.165) is 32.7 Å². The van der Waals surface area contributed by atoms with Crippen molar-refractivity contribution in [2.75, 3.05) is 32.8 Å². The first-order chi connectivity index (χ1) is 13.5. The first kappa shape index (κ1) is 20.5. The number of morpholine rings is 1. The monoisotopic (exact) mass is 386 g/mol. The minimum absolute atomic E-state index is 0.0159. The third-order valence-electron chi connectivity index (χ3n) is 5.09. The Bertz CT molecular complexity index is 843. The summed E-state index contributed by atoms with van der Waals surface area (Å²) in [5, 5.41) is 3.63. The number of hydrogen-bond donors (Lipinski definition) is 2. The molecule has 1 saturated heterocycles. The van der Waals surface area contributed by atoms with Crippen LogP contribution in [0.15, 0.2) is 29.1 Å². The van der Waals surface area contributed by atoms with E-state index in [1.165, 1.54) is 0 Å². The van der Waals surface area contributed by atoms with Crippen molar-refractivity contribution in [1.29, 1.82) is 0 Å². The molecule has 0 spiro atoms. The summed E-state index contributed by atoms with van der Waals surface area (Å²) in [5.74, 6) is 1.10. The molecule has 0 saturated carbocycles. The first-order valence-corrected chi connectivity index (χ1v) is 10.1. The normalized spacial score (nSPS) is 16.4. The Kier molecular flexibility index (Phi) is 7.17. The van der Waals surface area contributed by atoms with Crippen molar-refractivity contribution in [3.8, 4) is 0 Å². The van der Waals surface area contributed by atoms with Crippen LogP contribution in [-0.4, -0.2) is 59.7 Å². The minimum Gasteiger partial charge on any atom is -0.379 e. The summed E-state index contributed by atoms with van der Waals surface area (Å²) in [5.41, 5.74) is 0.497. The first-order valence-electron chi connectivity index (χ1n) is 10.1. The second-order valence-electron chi connectivity index (χ2n) is 7.77. The maximum absolute atomic E-state index is 12.4. The van der Waals surface area contributed by atoms with Crippen molar-refractivity contribution in [3.05, 3.63) is 40.4 Å². The van der Waals surface area contributed by atoms with Gasteiger partial charge < -0.3 is 15.0 Å². The molecule has 1 aliphatic rings. The molecule has 2 heterocycles. The number of nitrogens with one attached hydrogen (secondary N) is 2. The standard InChI is InChI=1S/C21H30N4O3/c1-15(2)13-16(25-9-11-28-12-10-25)14-22-20(26)8-7-19-23-18-6-4-3-5-17(18)21(27)24-19/h3-6,15-16H,7-14H2,1-2H3,(H,22,26)(H,23,24,27)/t16-/m0/s1. The Labute approximate surface area is 165 Å². The van der Waals surface area contributed by atoms with Gasteiger partial charge in [-0.05, 0) is 24.5 Å². The molecule has 1 aromatic carbocycles. The molecule has 1 fully saturated rings. The molecule has 1 atom stereocenters. The van der Waals surface area contributed by atoms with Gasteiger partial charge in [0.05, 0.1) is 24.1 Å². The average Bonchev–Trinajstić information content (AvgIpc) is 2.70. The minimum atomic E-state index is -0.162. The molecular formula is C21H30N4O3. The molecule has 28 heavy (non-hydrogen) atoms. The largest absolute Gasteiger partial charge is 0.379 e. The second kappa shape index (κ2) is 9.80. The van der Waals surface area contributed by atoms with E-state index >= 15 is 0 Å². The molecule has 7 heteroatoms. The van der Waals surface area contributed by atoms with Crippen molar-refractivity contribution in [2.45, 2.75) is 39.2 Å². The number of carbonyl (C=O) groups is 1. The van der Waals surface area contributed by atoms with Crippen LogP contribution in [0.5, 0.6) is 0 Å². The Morgan fingerprint density at radius 3 is 2.79 bits per heavy atom. The lowest BCUT2D eigenvalue weighted by Gasteiger charge is -2.35. The number of benzene rings is 1. The van der Waals surface area contributed by atoms with Gasteiger partial charge in [-0.1, -0.05) is 26.0 Å². The fourth-order valence-electron chi connectivity index (χ4n) is 3.65. The zero-order valence-electron chi connectivity index (χ0n) is 16.7. The van der Waals surface area contributed by atoms with Crippen LogP contribution in [0.3, 0.4) is 0 Å². The molecule has 7 nitrogen and oxygen atoms in total. The van der Waals surface area contributed by atoms with Gasteiger partial charge in [-0.2, -0.15) is 0 Å². The number of carbonyl (C=O) groups excluding carboxylic acids is 1. The highest BCUT2D eigenvalue weighted by molar-refractivity contribution is 5.78. The van der Waals surface area contributed by atoms with Crippen LogP contribution in [0.25, 0.3) is 10.9 Å². The molecule has 3 rings (SSSR count). The molecule has 0 radical (unpaired) electrons. The van der Waals surface area contributed by atoms with Crippen LogP contribution < -0.4 is 10.9 Å². The van der Waals surface area contributed by atoms with Gasteiger partial charge in [0.15, 0.2) is 0 Å². The summed E-state index contributed by atoms with van der Waals surface area (Å²) in [6.45, 7) is 8.38. The summed E-state index contributed by atoms with van der Waals surface area (Å²) < 4.78 is 5.44. The van der Waals surface area contributed by atoms with E-state index in [0.29, 0.717) is 48.1 Å². The van der Waals surface area contributed by atoms with Crippen LogP contribution >= 0.6 is 0 Å². The van der Waals surface area contributed by atoms with E-state index in [-0.39, 0.29) is 11.5 Å². The number of aromatic amines is 1. The van der Waals surface area contributed by atoms with Gasteiger partial charge >= 0.3 is 0 Å². The number of fused-ring (bicyclic) bond motifs is 1. The molecule has 1 aromatic heterocycles. The average molecular weight is 386 g/mol. The van der Waals surface area contributed by atoms with Crippen LogP contribution in [0.4, 0.5) is 0 Å². The van der Waals surface area contributed by atoms with Crippen molar-refractivity contribution in [3.63, 3.8) is 0 Å². The van der Waals surface area contributed by atoms with E-state index in [1.54, 1.807) is 6.07 Å². The Morgan fingerprint density at radius 1 is 1.29 bits per heavy atom. The maximum Gasteiger partial charge on any atom is 0.258 e. The van der Waals surface area contributed by atoms with Gasteiger partial charge in [-0.15, -0.1) is 0 Å². The maximum atomic E-state index is 12.4. The molecule has 2 N–H and O–H groups in total. The topological polar surface area (TPSA) is 87.3 Å². The summed E-state index contributed by atoms with van der Waals surface area (Å²) in [4.78, 5) is 34.1. The Morgan fingerprint density at radius 2 is 2.04 bits per heavy atom. The fraction of sp³-hybridized carbons (Fsp3) is 0.571. The molecule has 1 aliphatic heterocycles. The summed E-state index contributed by atoms with van der Waals surface area (Å²) >= 11 is 0. The molecule has 0 aliphatic carbocycles. The van der Waals surface area contributed by atoms with Crippen LogP contribution in [-0.2, 0) is 16.0 Å². The third-order valence-corrected chi connectivity index (χ3v) is 5.09. The van der Waals surface area contributed by atoms with E-state index in [9.17, 15) is 9.59 Å². The molecular weight excluding hydrogens is 356 g/mol. The predicted molar refractivity (Wildman–Crippen MR) is 109 cm³/mol. The van der Waals surface area contributed by atoms with Gasteiger partial charge in [0.25, 0.3) is 5.56 Å². The quantitative estimate of drug-likeness (QED) is 0.721.